The third-order valence-corrected chi connectivity index (χ3v) is 3.72. The van der Waals surface area contributed by atoms with Crippen molar-refractivity contribution in [1.82, 2.24) is 0 Å². The van der Waals surface area contributed by atoms with Crippen LogP contribution in [0.5, 0.6) is 0 Å². The largest absolute Gasteiger partial charge is 0.385 e. The number of aryl methyl sites for hydroxylation is 2. The van der Waals surface area contributed by atoms with Crippen LogP contribution in [-0.2, 0) is 5.60 Å². The molecule has 2 unspecified atom stereocenters. The van der Waals surface area contributed by atoms with Crippen molar-refractivity contribution in [2.45, 2.75) is 45.6 Å². The Labute approximate surface area is 92.1 Å². The summed E-state index contributed by atoms with van der Waals surface area (Å²) in [5, 5.41) is 10.4. The highest BCUT2D eigenvalue weighted by molar-refractivity contribution is 5.36. The van der Waals surface area contributed by atoms with Crippen LogP contribution in [0.1, 0.15) is 42.9 Å². The lowest BCUT2D eigenvalue weighted by atomic mass is 9.99. The first-order valence-corrected chi connectivity index (χ1v) is 5.88. The standard InChI is InChI=1S/C14H20O/c1-4-5-13-9-14(13,15)12-7-6-10(2)11(3)8-12/h6-8,13,15H,4-5,9H2,1-3H3. The summed E-state index contributed by atoms with van der Waals surface area (Å²) in [6, 6.07) is 6.34. The van der Waals surface area contributed by atoms with E-state index in [4.69, 9.17) is 0 Å². The van der Waals surface area contributed by atoms with Gasteiger partial charge < -0.3 is 5.11 Å². The minimum Gasteiger partial charge on any atom is -0.385 e. The molecule has 0 heterocycles. The first-order chi connectivity index (χ1) is 7.08. The number of hydrogen-bond acceptors (Lipinski definition) is 1. The molecule has 1 aliphatic carbocycles. The predicted octanol–water partition coefficient (Wildman–Crippen LogP) is 3.31. The second kappa shape index (κ2) is 3.64. The fourth-order valence-electron chi connectivity index (χ4n) is 2.37. The molecule has 1 fully saturated rings. The van der Waals surface area contributed by atoms with Gasteiger partial charge in [-0.15, -0.1) is 0 Å². The molecule has 1 saturated carbocycles. The SMILES string of the molecule is CCCC1CC1(O)c1ccc(C)c(C)c1. The lowest BCUT2D eigenvalue weighted by Crippen LogP contribution is -2.09. The van der Waals surface area contributed by atoms with Crippen LogP contribution in [-0.4, -0.2) is 5.11 Å². The van der Waals surface area contributed by atoms with Crippen LogP contribution < -0.4 is 0 Å². The summed E-state index contributed by atoms with van der Waals surface area (Å²) in [7, 11) is 0. The Bertz CT molecular complexity index is 370. The Morgan fingerprint density at radius 2 is 2.07 bits per heavy atom. The van der Waals surface area contributed by atoms with E-state index in [0.29, 0.717) is 5.92 Å². The van der Waals surface area contributed by atoms with Crippen LogP contribution in [0.15, 0.2) is 18.2 Å². The third-order valence-electron chi connectivity index (χ3n) is 3.72. The van der Waals surface area contributed by atoms with E-state index in [9.17, 15) is 5.11 Å². The van der Waals surface area contributed by atoms with Gasteiger partial charge in [0.2, 0.25) is 0 Å². The van der Waals surface area contributed by atoms with Gasteiger partial charge in [-0.2, -0.15) is 0 Å². The molecular formula is C14H20O. The van der Waals surface area contributed by atoms with Crippen LogP contribution in [0.4, 0.5) is 0 Å². The van der Waals surface area contributed by atoms with Crippen LogP contribution in [0, 0.1) is 19.8 Å². The van der Waals surface area contributed by atoms with Crippen molar-refractivity contribution in [2.24, 2.45) is 5.92 Å². The number of aliphatic hydroxyl groups is 1. The van der Waals surface area contributed by atoms with Crippen LogP contribution in [0.3, 0.4) is 0 Å². The second-order valence-corrected chi connectivity index (χ2v) is 4.91. The van der Waals surface area contributed by atoms with Gasteiger partial charge in [-0.05, 0) is 49.3 Å². The average molecular weight is 204 g/mol. The zero-order chi connectivity index (χ0) is 11.1. The lowest BCUT2D eigenvalue weighted by molar-refractivity contribution is 0.129. The normalized spacial score (nSPS) is 29.2. The maximum absolute atomic E-state index is 10.4. The summed E-state index contributed by atoms with van der Waals surface area (Å²) in [4.78, 5) is 0. The monoisotopic (exact) mass is 204 g/mol. The summed E-state index contributed by atoms with van der Waals surface area (Å²) in [6.07, 6.45) is 3.25. The molecule has 0 aromatic heterocycles. The second-order valence-electron chi connectivity index (χ2n) is 4.91. The molecule has 0 radical (unpaired) electrons. The zero-order valence-electron chi connectivity index (χ0n) is 9.88. The molecule has 0 aliphatic heterocycles. The van der Waals surface area contributed by atoms with Crippen molar-refractivity contribution in [1.29, 1.82) is 0 Å². The van der Waals surface area contributed by atoms with E-state index in [0.717, 1.165) is 24.8 Å². The van der Waals surface area contributed by atoms with Crippen molar-refractivity contribution in [3.8, 4) is 0 Å². The molecule has 2 rings (SSSR count). The van der Waals surface area contributed by atoms with Gasteiger partial charge in [0.25, 0.3) is 0 Å². The Kier molecular flexibility index (Phi) is 2.59. The summed E-state index contributed by atoms with van der Waals surface area (Å²) < 4.78 is 0. The number of benzene rings is 1. The van der Waals surface area contributed by atoms with Crippen molar-refractivity contribution >= 4 is 0 Å². The minimum absolute atomic E-state index is 0.490. The van der Waals surface area contributed by atoms with Gasteiger partial charge in [-0.25, -0.2) is 0 Å². The van der Waals surface area contributed by atoms with E-state index < -0.39 is 5.60 Å². The van der Waals surface area contributed by atoms with Gasteiger partial charge in [0.15, 0.2) is 0 Å². The molecule has 0 bridgehead atoms. The summed E-state index contributed by atoms with van der Waals surface area (Å²) in [5.41, 5.74) is 3.19. The van der Waals surface area contributed by atoms with Gasteiger partial charge in [0, 0.05) is 0 Å². The van der Waals surface area contributed by atoms with Crippen molar-refractivity contribution < 1.29 is 5.11 Å². The quantitative estimate of drug-likeness (QED) is 0.801. The van der Waals surface area contributed by atoms with E-state index in [1.165, 1.54) is 11.1 Å². The third kappa shape index (κ3) is 1.81. The Balaban J connectivity index is 2.21. The summed E-state index contributed by atoms with van der Waals surface area (Å²) in [6.45, 7) is 6.40. The maximum atomic E-state index is 10.4. The van der Waals surface area contributed by atoms with E-state index in [-0.39, 0.29) is 0 Å². The van der Waals surface area contributed by atoms with Crippen molar-refractivity contribution in [3.05, 3.63) is 34.9 Å². The fraction of sp³-hybridized carbons (Fsp3) is 0.571. The van der Waals surface area contributed by atoms with E-state index in [1.54, 1.807) is 0 Å². The number of hydrogen-bond donors (Lipinski definition) is 1. The molecule has 15 heavy (non-hydrogen) atoms. The molecule has 2 atom stereocenters. The highest BCUT2D eigenvalue weighted by Gasteiger charge is 2.53. The molecule has 1 nitrogen and oxygen atoms in total. The Morgan fingerprint density at radius 1 is 1.33 bits per heavy atom. The van der Waals surface area contributed by atoms with E-state index in [2.05, 4.69) is 39.0 Å². The van der Waals surface area contributed by atoms with Crippen LogP contribution >= 0.6 is 0 Å². The van der Waals surface area contributed by atoms with E-state index >= 15 is 0 Å². The molecule has 1 N–H and O–H groups in total. The Morgan fingerprint density at radius 3 is 2.67 bits per heavy atom. The van der Waals surface area contributed by atoms with Crippen molar-refractivity contribution in [3.63, 3.8) is 0 Å². The van der Waals surface area contributed by atoms with Gasteiger partial charge in [-0.1, -0.05) is 31.5 Å². The first kappa shape index (κ1) is 10.7. The van der Waals surface area contributed by atoms with Gasteiger partial charge in [0.1, 0.15) is 0 Å². The molecule has 0 saturated heterocycles. The molecule has 1 heteroatoms. The Hall–Kier alpha value is -0.820. The molecule has 82 valence electrons. The summed E-state index contributed by atoms with van der Waals surface area (Å²) >= 11 is 0. The molecule has 0 spiro atoms. The van der Waals surface area contributed by atoms with Gasteiger partial charge >= 0.3 is 0 Å². The highest BCUT2D eigenvalue weighted by atomic mass is 16.3. The van der Waals surface area contributed by atoms with Crippen LogP contribution in [0.25, 0.3) is 0 Å². The molecule has 1 aromatic rings. The molecule has 1 aliphatic rings. The maximum Gasteiger partial charge on any atom is 0.0929 e. The summed E-state index contributed by atoms with van der Waals surface area (Å²) in [5.74, 6) is 0.490. The predicted molar refractivity (Wildman–Crippen MR) is 62.8 cm³/mol. The minimum atomic E-state index is -0.505. The van der Waals surface area contributed by atoms with Crippen LogP contribution in [0.2, 0.25) is 0 Å². The van der Waals surface area contributed by atoms with Crippen molar-refractivity contribution in [2.75, 3.05) is 0 Å². The lowest BCUT2D eigenvalue weighted by Gasteiger charge is -2.12. The molecule has 0 amide bonds. The van der Waals surface area contributed by atoms with Gasteiger partial charge in [0.05, 0.1) is 5.60 Å². The fourth-order valence-corrected chi connectivity index (χ4v) is 2.37. The molecular weight excluding hydrogens is 184 g/mol. The average Bonchev–Trinajstić information content (AvgIpc) is 2.84. The first-order valence-electron chi connectivity index (χ1n) is 5.88. The highest BCUT2D eigenvalue weighted by Crippen LogP contribution is 2.54. The smallest absolute Gasteiger partial charge is 0.0929 e. The molecule has 1 aromatic carbocycles. The number of rotatable bonds is 3. The topological polar surface area (TPSA) is 20.2 Å². The van der Waals surface area contributed by atoms with E-state index in [1.807, 2.05) is 0 Å². The zero-order valence-corrected chi connectivity index (χ0v) is 9.88. The van der Waals surface area contributed by atoms with Gasteiger partial charge in [-0.3, -0.25) is 0 Å².